The van der Waals surface area contributed by atoms with Crippen LogP contribution in [0.5, 0.6) is 0 Å². The number of halogens is 1. The molecule has 0 bridgehead atoms. The van der Waals surface area contributed by atoms with Gasteiger partial charge < -0.3 is 14.1 Å². The summed E-state index contributed by atoms with van der Waals surface area (Å²) in [7, 11) is 1.71. The molecule has 0 rings (SSSR count). The second-order valence-corrected chi connectivity index (χ2v) is 14.0. The lowest BCUT2D eigenvalue weighted by atomic mass is 9.68. The van der Waals surface area contributed by atoms with E-state index in [0.29, 0.717) is 17.4 Å². The van der Waals surface area contributed by atoms with Crippen molar-refractivity contribution in [1.82, 2.24) is 0 Å². The molecule has 0 heterocycles. The lowest BCUT2D eigenvalue weighted by molar-refractivity contribution is -0.870. The summed E-state index contributed by atoms with van der Waals surface area (Å²) in [6.07, 6.45) is 0.655. The molecule has 0 aromatic rings. The number of phosphoric ester groups is 1. The summed E-state index contributed by atoms with van der Waals surface area (Å²) in [4.78, 5) is 22.4. The second-order valence-electron chi connectivity index (χ2n) is 9.83. The summed E-state index contributed by atoms with van der Waals surface area (Å²) in [5, 5.41) is 0. The van der Waals surface area contributed by atoms with Crippen LogP contribution in [0.15, 0.2) is 0 Å². The summed E-state index contributed by atoms with van der Waals surface area (Å²) in [6.45, 7) is 12.5. The summed E-state index contributed by atoms with van der Waals surface area (Å²) >= 11 is 2.27. The minimum absolute atomic E-state index is 0.0487. The zero-order valence-electron chi connectivity index (χ0n) is 18.3. The molecule has 2 atom stereocenters. The van der Waals surface area contributed by atoms with Gasteiger partial charge in [-0.25, -0.2) is 4.57 Å². The molecule has 2 unspecified atom stereocenters. The third-order valence-electron chi connectivity index (χ3n) is 4.23. The van der Waals surface area contributed by atoms with E-state index in [4.69, 9.17) is 13.8 Å². The Balaban J connectivity index is 4.61. The molecule has 0 saturated heterocycles. The molecular formula is C18H38INO6P+. The van der Waals surface area contributed by atoms with Gasteiger partial charge in [-0.3, -0.25) is 13.8 Å². The standard InChI is InChI=1S/C18H37INO6P/c1-16(2,3)14-18(6,17(4,5)19)15(21)24-12-13-26-27(22,23)25-11-10-20(7,8)9/h10-14H2,1-9H3/p+1. The average Bonchev–Trinajstić information content (AvgIpc) is 2.38. The van der Waals surface area contributed by atoms with E-state index >= 15 is 0 Å². The first-order valence-electron chi connectivity index (χ1n) is 9.08. The van der Waals surface area contributed by atoms with Gasteiger partial charge in [-0.15, -0.1) is 0 Å². The molecule has 0 radical (unpaired) electrons. The number of esters is 1. The first-order valence-corrected chi connectivity index (χ1v) is 11.7. The Morgan fingerprint density at radius 2 is 1.48 bits per heavy atom. The van der Waals surface area contributed by atoms with Crippen LogP contribution < -0.4 is 0 Å². The molecular weight excluding hydrogens is 484 g/mol. The number of ether oxygens (including phenoxy) is 1. The quantitative estimate of drug-likeness (QED) is 0.110. The number of hydrogen-bond donors (Lipinski definition) is 1. The molecule has 1 N–H and O–H groups in total. The van der Waals surface area contributed by atoms with Gasteiger partial charge in [-0.05, 0) is 32.6 Å². The molecule has 0 spiro atoms. The second kappa shape index (κ2) is 9.85. The van der Waals surface area contributed by atoms with E-state index in [1.54, 1.807) is 0 Å². The van der Waals surface area contributed by atoms with Crippen LogP contribution in [0.3, 0.4) is 0 Å². The predicted molar refractivity (Wildman–Crippen MR) is 116 cm³/mol. The lowest BCUT2D eigenvalue weighted by Crippen LogP contribution is -2.46. The van der Waals surface area contributed by atoms with Gasteiger partial charge in [0, 0.05) is 3.42 Å². The summed E-state index contributed by atoms with van der Waals surface area (Å²) in [6, 6.07) is 0. The smallest absolute Gasteiger partial charge is 0.463 e. The summed E-state index contributed by atoms with van der Waals surface area (Å²) in [5.74, 6) is -0.334. The van der Waals surface area contributed by atoms with E-state index in [1.807, 2.05) is 41.9 Å². The summed E-state index contributed by atoms with van der Waals surface area (Å²) in [5.41, 5.74) is -0.747. The van der Waals surface area contributed by atoms with Crippen LogP contribution in [0.25, 0.3) is 0 Å². The SMILES string of the molecule is CC(C)(C)CC(C)(C(=O)OCCOP(=O)(O)OCC[N+](C)(C)C)C(C)(C)I. The van der Waals surface area contributed by atoms with E-state index in [9.17, 15) is 14.3 Å². The maximum Gasteiger partial charge on any atom is 0.472 e. The maximum atomic E-state index is 12.7. The summed E-state index contributed by atoms with van der Waals surface area (Å²) < 4.78 is 27.3. The number of likely N-dealkylation sites (N-methyl/N-ethyl adjacent to an activating group) is 1. The van der Waals surface area contributed by atoms with Gasteiger partial charge in [0.05, 0.1) is 33.2 Å². The van der Waals surface area contributed by atoms with Crippen LogP contribution >= 0.6 is 30.4 Å². The Bertz CT molecular complexity index is 535. The van der Waals surface area contributed by atoms with Crippen LogP contribution in [0, 0.1) is 10.8 Å². The molecule has 0 amide bonds. The monoisotopic (exact) mass is 522 g/mol. The molecule has 0 saturated carbocycles. The fourth-order valence-corrected chi connectivity index (χ4v) is 3.60. The van der Waals surface area contributed by atoms with Gasteiger partial charge in [0.1, 0.15) is 19.8 Å². The van der Waals surface area contributed by atoms with E-state index in [-0.39, 0.29) is 34.6 Å². The first kappa shape index (κ1) is 27.3. The zero-order chi connectivity index (χ0) is 21.7. The molecule has 0 aliphatic carbocycles. The highest BCUT2D eigenvalue weighted by Crippen LogP contribution is 2.47. The highest BCUT2D eigenvalue weighted by Gasteiger charge is 2.49. The molecule has 162 valence electrons. The van der Waals surface area contributed by atoms with Crippen LogP contribution in [0.1, 0.15) is 48.0 Å². The molecule has 0 aliphatic rings. The van der Waals surface area contributed by atoms with Crippen molar-refractivity contribution in [3.8, 4) is 0 Å². The van der Waals surface area contributed by atoms with Gasteiger partial charge in [-0.2, -0.15) is 0 Å². The highest BCUT2D eigenvalue weighted by atomic mass is 127. The Morgan fingerprint density at radius 1 is 1.00 bits per heavy atom. The van der Waals surface area contributed by atoms with E-state index in [2.05, 4.69) is 43.4 Å². The number of hydrogen-bond acceptors (Lipinski definition) is 5. The van der Waals surface area contributed by atoms with Crippen molar-refractivity contribution in [2.45, 2.75) is 51.4 Å². The number of quaternary nitrogens is 1. The van der Waals surface area contributed by atoms with Crippen molar-refractivity contribution in [2.24, 2.45) is 10.8 Å². The van der Waals surface area contributed by atoms with Crippen molar-refractivity contribution >= 4 is 36.4 Å². The van der Waals surface area contributed by atoms with Crippen molar-refractivity contribution in [3.05, 3.63) is 0 Å². The Hall–Kier alpha value is 0.270. The van der Waals surface area contributed by atoms with Crippen molar-refractivity contribution in [1.29, 1.82) is 0 Å². The fraction of sp³-hybridized carbons (Fsp3) is 0.944. The third kappa shape index (κ3) is 11.1. The zero-order valence-corrected chi connectivity index (χ0v) is 21.3. The molecule has 9 heteroatoms. The molecule has 0 aliphatic heterocycles. The predicted octanol–water partition coefficient (Wildman–Crippen LogP) is 4.03. The number of nitrogens with zero attached hydrogens (tertiary/aromatic N) is 1. The number of rotatable bonds is 11. The van der Waals surface area contributed by atoms with Gasteiger partial charge in [0.2, 0.25) is 0 Å². The van der Waals surface area contributed by atoms with Crippen LogP contribution in [-0.4, -0.2) is 66.3 Å². The van der Waals surface area contributed by atoms with Gasteiger partial charge >= 0.3 is 13.8 Å². The molecule has 7 nitrogen and oxygen atoms in total. The van der Waals surface area contributed by atoms with Crippen LogP contribution in [-0.2, 0) is 23.1 Å². The number of phosphoric acid groups is 1. The van der Waals surface area contributed by atoms with Gasteiger partial charge in [0.25, 0.3) is 0 Å². The topological polar surface area (TPSA) is 82.1 Å². The third-order valence-corrected chi connectivity index (χ3v) is 6.44. The van der Waals surface area contributed by atoms with Crippen molar-refractivity contribution in [3.63, 3.8) is 0 Å². The Kier molecular flexibility index (Phi) is 9.95. The van der Waals surface area contributed by atoms with E-state index in [1.165, 1.54) is 0 Å². The Labute approximate surface area is 178 Å². The number of alkyl halides is 1. The lowest BCUT2D eigenvalue weighted by Gasteiger charge is -2.42. The molecule has 27 heavy (non-hydrogen) atoms. The normalized spacial score (nSPS) is 17.9. The number of carbonyl (C=O) groups is 1. The largest absolute Gasteiger partial charge is 0.472 e. The van der Waals surface area contributed by atoms with Gasteiger partial charge in [-0.1, -0.05) is 43.4 Å². The molecule has 0 aromatic carbocycles. The average molecular weight is 522 g/mol. The fourth-order valence-electron chi connectivity index (χ4n) is 2.50. The molecule has 0 aromatic heterocycles. The van der Waals surface area contributed by atoms with E-state index < -0.39 is 13.2 Å². The van der Waals surface area contributed by atoms with Crippen LogP contribution in [0.4, 0.5) is 0 Å². The van der Waals surface area contributed by atoms with Gasteiger partial charge in [0.15, 0.2) is 0 Å². The number of carbonyl (C=O) groups excluding carboxylic acids is 1. The van der Waals surface area contributed by atoms with Crippen molar-refractivity contribution in [2.75, 3.05) is 47.5 Å². The Morgan fingerprint density at radius 3 is 1.89 bits per heavy atom. The maximum absolute atomic E-state index is 12.7. The minimum Gasteiger partial charge on any atom is -0.463 e. The first-order chi connectivity index (χ1) is 11.8. The van der Waals surface area contributed by atoms with E-state index in [0.717, 1.165) is 0 Å². The van der Waals surface area contributed by atoms with Crippen molar-refractivity contribution < 1.29 is 32.5 Å². The molecule has 0 fully saturated rings. The minimum atomic E-state index is -4.15. The van der Waals surface area contributed by atoms with Crippen LogP contribution in [0.2, 0.25) is 0 Å². The highest BCUT2D eigenvalue weighted by molar-refractivity contribution is 14.1.